The normalized spacial score (nSPS) is 10.0. The van der Waals surface area contributed by atoms with Crippen LogP contribution in [0.5, 0.6) is 0 Å². The lowest BCUT2D eigenvalue weighted by Gasteiger charge is -2.00. The van der Waals surface area contributed by atoms with E-state index >= 15 is 0 Å². The van der Waals surface area contributed by atoms with Crippen molar-refractivity contribution in [1.29, 1.82) is 0 Å². The molecule has 0 bridgehead atoms. The molecule has 0 atom stereocenters. The van der Waals surface area contributed by atoms with E-state index in [1.54, 1.807) is 0 Å². The molecular weight excluding hydrogens is 232 g/mol. The number of rotatable bonds is 7. The monoisotopic (exact) mass is 250 g/mol. The van der Waals surface area contributed by atoms with Gasteiger partial charge in [-0.3, -0.25) is 0 Å². The molecule has 0 aliphatic rings. The zero-order chi connectivity index (χ0) is 10.1. The number of hydrogen-bond acceptors (Lipinski definition) is 2. The largest absolute Gasteiger partial charge is 0.481 e. The van der Waals surface area contributed by atoms with E-state index in [0.29, 0.717) is 4.48 Å². The van der Waals surface area contributed by atoms with Crippen LogP contribution < -0.4 is 0 Å². The summed E-state index contributed by atoms with van der Waals surface area (Å²) in [4.78, 5) is 0. The van der Waals surface area contributed by atoms with Gasteiger partial charge < -0.3 is 10.2 Å². The minimum atomic E-state index is -0.575. The van der Waals surface area contributed by atoms with Crippen LogP contribution in [0.1, 0.15) is 51.9 Å². The smallest absolute Gasteiger partial charge is 0.284 e. The lowest BCUT2D eigenvalue weighted by atomic mass is 10.1. The maximum absolute atomic E-state index is 8.65. The average molecular weight is 251 g/mol. The molecule has 0 saturated carbocycles. The Kier molecular flexibility index (Phi) is 8.30. The molecule has 0 radical (unpaired) electrons. The fourth-order valence-corrected chi connectivity index (χ4v) is 1.45. The molecule has 13 heavy (non-hydrogen) atoms. The van der Waals surface area contributed by atoms with E-state index in [0.717, 1.165) is 12.8 Å². The molecule has 0 rings (SSSR count). The molecule has 0 heterocycles. The van der Waals surface area contributed by atoms with Crippen molar-refractivity contribution >= 4 is 15.9 Å². The zero-order valence-electron chi connectivity index (χ0n) is 8.22. The van der Waals surface area contributed by atoms with Gasteiger partial charge in [0.15, 0.2) is 0 Å². The number of unbranched alkanes of at least 4 members (excludes halogenated alkanes) is 5. The zero-order valence-corrected chi connectivity index (χ0v) is 9.81. The van der Waals surface area contributed by atoms with Crippen molar-refractivity contribution in [2.45, 2.75) is 51.9 Å². The Bertz CT molecular complexity index is 151. The van der Waals surface area contributed by atoms with Gasteiger partial charge in [-0.05, 0) is 28.8 Å². The first-order valence-electron chi connectivity index (χ1n) is 4.95. The van der Waals surface area contributed by atoms with Gasteiger partial charge in [0.05, 0.1) is 4.48 Å². The summed E-state index contributed by atoms with van der Waals surface area (Å²) in [5.74, 6) is -0.575. The lowest BCUT2D eigenvalue weighted by Crippen LogP contribution is -1.84. The maximum Gasteiger partial charge on any atom is 0.284 e. The van der Waals surface area contributed by atoms with Crippen LogP contribution in [-0.2, 0) is 0 Å². The maximum atomic E-state index is 8.65. The summed E-state index contributed by atoms with van der Waals surface area (Å²) >= 11 is 3.10. The Hall–Kier alpha value is -0.180. The predicted octanol–water partition coefficient (Wildman–Crippen LogP) is 4.42. The second-order valence-electron chi connectivity index (χ2n) is 3.25. The van der Waals surface area contributed by atoms with E-state index in [1.165, 1.54) is 32.1 Å². The standard InChI is InChI=1S/C10H19BrO2/c1-2-3-4-5-6-7-8-9(11)10(12)13/h12-13H,2-8H2,1H3. The lowest BCUT2D eigenvalue weighted by molar-refractivity contribution is 0.187. The van der Waals surface area contributed by atoms with Crippen LogP contribution in [0.4, 0.5) is 0 Å². The number of allylic oxidation sites excluding steroid dienone is 1. The van der Waals surface area contributed by atoms with Crippen LogP contribution in [0.3, 0.4) is 0 Å². The Balaban J connectivity index is 3.22. The SMILES string of the molecule is CCCCCCCCC(Br)=C(O)O. The van der Waals surface area contributed by atoms with Gasteiger partial charge in [0, 0.05) is 0 Å². The van der Waals surface area contributed by atoms with Gasteiger partial charge in [-0.15, -0.1) is 0 Å². The Morgan fingerprint density at radius 1 is 1.00 bits per heavy atom. The molecule has 2 N–H and O–H groups in total. The average Bonchev–Trinajstić information content (AvgIpc) is 2.10. The molecule has 0 amide bonds. The van der Waals surface area contributed by atoms with E-state index < -0.39 is 5.95 Å². The third-order valence-electron chi connectivity index (χ3n) is 1.99. The summed E-state index contributed by atoms with van der Waals surface area (Å²) in [6, 6.07) is 0. The van der Waals surface area contributed by atoms with Crippen LogP contribution in [0, 0.1) is 0 Å². The molecule has 0 aromatic rings. The van der Waals surface area contributed by atoms with E-state index in [1.807, 2.05) is 0 Å². The van der Waals surface area contributed by atoms with E-state index in [9.17, 15) is 0 Å². The van der Waals surface area contributed by atoms with Gasteiger partial charge in [0.2, 0.25) is 0 Å². The van der Waals surface area contributed by atoms with Gasteiger partial charge in [-0.25, -0.2) is 0 Å². The fraction of sp³-hybridized carbons (Fsp3) is 0.800. The predicted molar refractivity (Wildman–Crippen MR) is 59.2 cm³/mol. The number of hydrogen-bond donors (Lipinski definition) is 2. The molecule has 0 aliphatic heterocycles. The van der Waals surface area contributed by atoms with Crippen LogP contribution in [0.25, 0.3) is 0 Å². The van der Waals surface area contributed by atoms with Crippen molar-refractivity contribution < 1.29 is 10.2 Å². The van der Waals surface area contributed by atoms with Crippen molar-refractivity contribution in [2.75, 3.05) is 0 Å². The van der Waals surface area contributed by atoms with E-state index in [4.69, 9.17) is 10.2 Å². The second-order valence-corrected chi connectivity index (χ2v) is 4.20. The topological polar surface area (TPSA) is 40.5 Å². The molecule has 0 aromatic heterocycles. The van der Waals surface area contributed by atoms with Crippen molar-refractivity contribution in [2.24, 2.45) is 0 Å². The molecule has 78 valence electrons. The van der Waals surface area contributed by atoms with Crippen molar-refractivity contribution in [3.05, 3.63) is 10.4 Å². The molecule has 0 aliphatic carbocycles. The Morgan fingerprint density at radius 2 is 1.54 bits per heavy atom. The van der Waals surface area contributed by atoms with Crippen molar-refractivity contribution in [3.8, 4) is 0 Å². The minimum Gasteiger partial charge on any atom is -0.481 e. The van der Waals surface area contributed by atoms with Crippen LogP contribution in [-0.4, -0.2) is 10.2 Å². The van der Waals surface area contributed by atoms with Crippen molar-refractivity contribution in [3.63, 3.8) is 0 Å². The van der Waals surface area contributed by atoms with E-state index in [-0.39, 0.29) is 0 Å². The summed E-state index contributed by atoms with van der Waals surface area (Å²) in [6.07, 6.45) is 8.04. The number of aliphatic hydroxyl groups is 2. The molecule has 2 nitrogen and oxygen atoms in total. The number of halogens is 1. The highest BCUT2D eigenvalue weighted by Gasteiger charge is 1.99. The Labute approximate surface area is 88.8 Å². The molecule has 0 unspecified atom stereocenters. The third kappa shape index (κ3) is 8.16. The molecule has 3 heteroatoms. The van der Waals surface area contributed by atoms with Gasteiger partial charge in [0.25, 0.3) is 5.95 Å². The van der Waals surface area contributed by atoms with Gasteiger partial charge >= 0.3 is 0 Å². The summed E-state index contributed by atoms with van der Waals surface area (Å²) in [6.45, 7) is 2.20. The minimum absolute atomic E-state index is 0.517. The molecule has 0 fully saturated rings. The van der Waals surface area contributed by atoms with Gasteiger partial charge in [-0.1, -0.05) is 39.0 Å². The first-order valence-corrected chi connectivity index (χ1v) is 5.74. The van der Waals surface area contributed by atoms with Gasteiger partial charge in [0.1, 0.15) is 0 Å². The summed E-state index contributed by atoms with van der Waals surface area (Å²) in [5.41, 5.74) is 0. The van der Waals surface area contributed by atoms with Crippen molar-refractivity contribution in [1.82, 2.24) is 0 Å². The van der Waals surface area contributed by atoms with E-state index in [2.05, 4.69) is 22.9 Å². The van der Waals surface area contributed by atoms with Crippen LogP contribution in [0.15, 0.2) is 10.4 Å². The summed E-state index contributed by atoms with van der Waals surface area (Å²) in [5, 5.41) is 17.3. The number of aliphatic hydroxyl groups excluding tert-OH is 1. The third-order valence-corrected chi connectivity index (χ3v) is 2.74. The van der Waals surface area contributed by atoms with Gasteiger partial charge in [-0.2, -0.15) is 0 Å². The molecule has 0 spiro atoms. The second kappa shape index (κ2) is 8.42. The summed E-state index contributed by atoms with van der Waals surface area (Å²) in [7, 11) is 0. The fourth-order valence-electron chi connectivity index (χ4n) is 1.17. The first-order chi connectivity index (χ1) is 6.18. The van der Waals surface area contributed by atoms with Crippen LogP contribution in [0.2, 0.25) is 0 Å². The molecule has 0 aromatic carbocycles. The highest BCUT2D eigenvalue weighted by atomic mass is 79.9. The molecule has 0 saturated heterocycles. The highest BCUT2D eigenvalue weighted by Crippen LogP contribution is 2.17. The van der Waals surface area contributed by atoms with Crippen LogP contribution >= 0.6 is 15.9 Å². The highest BCUT2D eigenvalue weighted by molar-refractivity contribution is 9.11. The quantitative estimate of drug-likeness (QED) is 0.519. The Morgan fingerprint density at radius 3 is 2.08 bits per heavy atom. The first kappa shape index (κ1) is 12.8. The molecular formula is C10H19BrO2. The summed E-state index contributed by atoms with van der Waals surface area (Å²) < 4.78 is 0.517.